The molecule has 0 aliphatic carbocycles. The van der Waals surface area contributed by atoms with Gasteiger partial charge in [0.25, 0.3) is 0 Å². The Morgan fingerprint density at radius 2 is 2.24 bits per heavy atom. The summed E-state index contributed by atoms with van der Waals surface area (Å²) in [5, 5.41) is 3.70. The van der Waals surface area contributed by atoms with Crippen LogP contribution in [0.4, 0.5) is 5.88 Å². The second-order valence-electron chi connectivity index (χ2n) is 5.26. The zero-order valence-electron chi connectivity index (χ0n) is 12.2. The highest BCUT2D eigenvalue weighted by Gasteiger charge is 2.22. The highest BCUT2D eigenvalue weighted by atomic mass is 16.5. The van der Waals surface area contributed by atoms with E-state index in [4.69, 9.17) is 19.7 Å². The molecule has 0 bridgehead atoms. The Morgan fingerprint density at radius 3 is 2.86 bits per heavy atom. The molecule has 6 nitrogen and oxygen atoms in total. The third-order valence-electron chi connectivity index (χ3n) is 3.71. The molecule has 2 N–H and O–H groups in total. The van der Waals surface area contributed by atoms with E-state index in [2.05, 4.69) is 17.1 Å². The van der Waals surface area contributed by atoms with Crippen molar-refractivity contribution in [3.05, 3.63) is 24.4 Å². The number of methoxy groups -OCH3 is 1. The van der Waals surface area contributed by atoms with Crippen molar-refractivity contribution >= 4 is 5.88 Å². The van der Waals surface area contributed by atoms with Crippen molar-refractivity contribution in [1.82, 2.24) is 10.1 Å². The van der Waals surface area contributed by atoms with Crippen LogP contribution < -0.4 is 15.2 Å². The maximum absolute atomic E-state index is 6.09. The van der Waals surface area contributed by atoms with Gasteiger partial charge in [0.1, 0.15) is 6.10 Å². The van der Waals surface area contributed by atoms with Crippen LogP contribution >= 0.6 is 0 Å². The lowest BCUT2D eigenvalue weighted by atomic mass is 10.1. The number of nitrogens with zero attached hydrogens (tertiary/aromatic N) is 2. The average molecular weight is 289 g/mol. The van der Waals surface area contributed by atoms with E-state index in [0.29, 0.717) is 11.6 Å². The van der Waals surface area contributed by atoms with E-state index in [9.17, 15) is 0 Å². The molecular weight excluding hydrogens is 270 g/mol. The lowest BCUT2D eigenvalue weighted by Gasteiger charge is -2.17. The van der Waals surface area contributed by atoms with Crippen molar-refractivity contribution in [3.63, 3.8) is 0 Å². The first-order valence-corrected chi connectivity index (χ1v) is 6.91. The Morgan fingerprint density at radius 1 is 1.38 bits per heavy atom. The van der Waals surface area contributed by atoms with Gasteiger partial charge in [0.15, 0.2) is 11.5 Å². The summed E-state index contributed by atoms with van der Waals surface area (Å²) in [4.78, 5) is 2.25. The predicted octanol–water partition coefficient (Wildman–Crippen LogP) is 2.02. The third kappa shape index (κ3) is 2.80. The summed E-state index contributed by atoms with van der Waals surface area (Å²) in [6.07, 6.45) is 2.79. The van der Waals surface area contributed by atoms with E-state index >= 15 is 0 Å². The summed E-state index contributed by atoms with van der Waals surface area (Å²) in [6, 6.07) is 5.70. The third-order valence-corrected chi connectivity index (χ3v) is 3.71. The molecule has 0 radical (unpaired) electrons. The van der Waals surface area contributed by atoms with Gasteiger partial charge in [-0.1, -0.05) is 11.2 Å². The maximum Gasteiger partial charge on any atom is 0.229 e. The van der Waals surface area contributed by atoms with E-state index < -0.39 is 0 Å². The summed E-state index contributed by atoms with van der Waals surface area (Å²) in [6.45, 7) is 1.97. The number of hydrogen-bond acceptors (Lipinski definition) is 6. The Bertz CT molecular complexity index is 626. The molecule has 6 heteroatoms. The number of rotatable bonds is 4. The lowest BCUT2D eigenvalue weighted by Crippen LogP contribution is -2.21. The number of benzene rings is 1. The van der Waals surface area contributed by atoms with E-state index in [1.54, 1.807) is 13.3 Å². The van der Waals surface area contributed by atoms with Crippen LogP contribution in [0.1, 0.15) is 6.42 Å². The number of likely N-dealkylation sites (N-methyl/N-ethyl adjacent to an activating group) is 1. The van der Waals surface area contributed by atoms with Crippen LogP contribution in [0.3, 0.4) is 0 Å². The molecule has 0 saturated carbocycles. The first kappa shape index (κ1) is 13.8. The number of nitrogens with two attached hydrogens (primary N) is 1. The summed E-state index contributed by atoms with van der Waals surface area (Å²) < 4.78 is 16.4. The van der Waals surface area contributed by atoms with E-state index in [0.717, 1.165) is 36.4 Å². The Labute approximate surface area is 123 Å². The minimum Gasteiger partial charge on any atom is -0.493 e. The standard InChI is InChI=1S/C15H19N3O3/c1-18-6-5-11(9-18)20-14-7-10(3-4-13(14)19-2)12-8-17-21-15(12)16/h3-4,7-8,11H,5-6,9,16H2,1-2H3. The van der Waals surface area contributed by atoms with Crippen LogP contribution in [0.15, 0.2) is 28.9 Å². The second-order valence-corrected chi connectivity index (χ2v) is 5.26. The fourth-order valence-corrected chi connectivity index (χ4v) is 2.57. The molecule has 0 amide bonds. The van der Waals surface area contributed by atoms with Crippen molar-refractivity contribution in [1.29, 1.82) is 0 Å². The molecule has 3 rings (SSSR count). The first-order valence-electron chi connectivity index (χ1n) is 6.91. The number of anilines is 1. The van der Waals surface area contributed by atoms with Crippen LogP contribution in [0, 0.1) is 0 Å². The van der Waals surface area contributed by atoms with Crippen molar-refractivity contribution in [2.24, 2.45) is 0 Å². The van der Waals surface area contributed by atoms with Gasteiger partial charge in [0, 0.05) is 13.1 Å². The molecule has 2 heterocycles. The normalized spacial score (nSPS) is 18.9. The van der Waals surface area contributed by atoms with Gasteiger partial charge in [0.05, 0.1) is 18.9 Å². The van der Waals surface area contributed by atoms with Gasteiger partial charge >= 0.3 is 0 Å². The summed E-state index contributed by atoms with van der Waals surface area (Å²) in [7, 11) is 3.73. The van der Waals surface area contributed by atoms with Crippen LogP contribution in [-0.2, 0) is 0 Å². The molecule has 1 fully saturated rings. The maximum atomic E-state index is 6.09. The van der Waals surface area contributed by atoms with Crippen LogP contribution in [0.2, 0.25) is 0 Å². The Hall–Kier alpha value is -2.21. The molecular formula is C15H19N3O3. The van der Waals surface area contributed by atoms with Gasteiger partial charge < -0.3 is 24.6 Å². The monoisotopic (exact) mass is 289 g/mol. The Kier molecular flexibility index (Phi) is 3.70. The molecule has 1 aromatic heterocycles. The van der Waals surface area contributed by atoms with Crippen molar-refractivity contribution in [2.45, 2.75) is 12.5 Å². The van der Waals surface area contributed by atoms with Crippen LogP contribution in [0.5, 0.6) is 11.5 Å². The number of nitrogen functional groups attached to an aromatic ring is 1. The zero-order chi connectivity index (χ0) is 14.8. The number of likely N-dealkylation sites (tertiary alicyclic amines) is 1. The van der Waals surface area contributed by atoms with Crippen molar-refractivity contribution < 1.29 is 14.0 Å². The van der Waals surface area contributed by atoms with E-state index in [1.165, 1.54) is 0 Å². The molecule has 1 unspecified atom stereocenters. The minimum atomic E-state index is 0.180. The number of aromatic nitrogens is 1. The molecule has 0 spiro atoms. The molecule has 21 heavy (non-hydrogen) atoms. The first-order chi connectivity index (χ1) is 10.2. The summed E-state index contributed by atoms with van der Waals surface area (Å²) in [5.74, 6) is 1.73. The highest BCUT2D eigenvalue weighted by molar-refractivity contribution is 5.74. The average Bonchev–Trinajstić information content (AvgIpc) is 3.07. The topological polar surface area (TPSA) is 73.8 Å². The minimum absolute atomic E-state index is 0.180. The van der Waals surface area contributed by atoms with Crippen molar-refractivity contribution in [3.8, 4) is 22.6 Å². The largest absolute Gasteiger partial charge is 0.493 e. The molecule has 1 atom stereocenters. The number of ether oxygens (including phenoxy) is 2. The van der Waals surface area contributed by atoms with E-state index in [-0.39, 0.29) is 6.10 Å². The van der Waals surface area contributed by atoms with Gasteiger partial charge in [-0.05, 0) is 31.2 Å². The molecule has 2 aromatic rings. The fraction of sp³-hybridized carbons (Fsp3) is 0.400. The van der Waals surface area contributed by atoms with Gasteiger partial charge in [-0.15, -0.1) is 0 Å². The van der Waals surface area contributed by atoms with Gasteiger partial charge in [-0.2, -0.15) is 0 Å². The van der Waals surface area contributed by atoms with Crippen LogP contribution in [-0.4, -0.2) is 43.4 Å². The summed E-state index contributed by atoms with van der Waals surface area (Å²) in [5.41, 5.74) is 7.42. The van der Waals surface area contributed by atoms with Gasteiger partial charge in [-0.3, -0.25) is 0 Å². The van der Waals surface area contributed by atoms with E-state index in [1.807, 2.05) is 18.2 Å². The predicted molar refractivity (Wildman–Crippen MR) is 79.4 cm³/mol. The smallest absolute Gasteiger partial charge is 0.229 e. The zero-order valence-corrected chi connectivity index (χ0v) is 12.2. The number of hydrogen-bond donors (Lipinski definition) is 1. The second kappa shape index (κ2) is 5.65. The summed E-state index contributed by atoms with van der Waals surface area (Å²) >= 11 is 0. The quantitative estimate of drug-likeness (QED) is 0.928. The Balaban J connectivity index is 1.89. The van der Waals surface area contributed by atoms with Gasteiger partial charge in [-0.25, -0.2) is 0 Å². The lowest BCUT2D eigenvalue weighted by molar-refractivity contribution is 0.199. The highest BCUT2D eigenvalue weighted by Crippen LogP contribution is 2.35. The fourth-order valence-electron chi connectivity index (χ4n) is 2.57. The van der Waals surface area contributed by atoms with Crippen molar-refractivity contribution in [2.75, 3.05) is 33.0 Å². The molecule has 1 aliphatic heterocycles. The van der Waals surface area contributed by atoms with Crippen LogP contribution in [0.25, 0.3) is 11.1 Å². The molecule has 112 valence electrons. The molecule has 1 aliphatic rings. The SMILES string of the molecule is COc1ccc(-c2cnoc2N)cc1OC1CCN(C)C1. The molecule has 1 aromatic carbocycles. The van der Waals surface area contributed by atoms with Gasteiger partial charge in [0.2, 0.25) is 5.88 Å². The molecule has 1 saturated heterocycles.